The van der Waals surface area contributed by atoms with Gasteiger partial charge < -0.3 is 9.42 Å². The summed E-state index contributed by atoms with van der Waals surface area (Å²) in [5.41, 5.74) is 2.62. The molecule has 1 aromatic heterocycles. The number of carbonyl (C=O) groups is 1. The van der Waals surface area contributed by atoms with E-state index in [9.17, 15) is 13.2 Å². The summed E-state index contributed by atoms with van der Waals surface area (Å²) in [6, 6.07) is 4.82. The van der Waals surface area contributed by atoms with Crippen LogP contribution in [0.15, 0.2) is 27.6 Å². The average Bonchev–Trinajstić information content (AvgIpc) is 2.94. The number of primary sulfonamides is 1. The van der Waals surface area contributed by atoms with Crippen LogP contribution in [-0.4, -0.2) is 30.9 Å². The molecule has 1 aromatic carbocycles. The summed E-state index contributed by atoms with van der Waals surface area (Å²) in [6.45, 7) is 8.54. The Bertz CT molecular complexity index is 971. The third-order valence-electron chi connectivity index (χ3n) is 4.59. The van der Waals surface area contributed by atoms with Crippen LogP contribution in [0.1, 0.15) is 53.7 Å². The third kappa shape index (κ3) is 3.39. The first-order chi connectivity index (χ1) is 12.0. The van der Waals surface area contributed by atoms with Gasteiger partial charge in [0, 0.05) is 18.5 Å². The molecule has 1 aliphatic heterocycles. The van der Waals surface area contributed by atoms with E-state index in [-0.39, 0.29) is 16.2 Å². The summed E-state index contributed by atoms with van der Waals surface area (Å²) >= 11 is 0. The number of fused-ring (bicyclic) bond motifs is 1. The third-order valence-corrected chi connectivity index (χ3v) is 5.50. The van der Waals surface area contributed by atoms with Crippen LogP contribution in [0.25, 0.3) is 0 Å². The molecule has 0 fully saturated rings. The van der Waals surface area contributed by atoms with Crippen LogP contribution in [0.3, 0.4) is 0 Å². The van der Waals surface area contributed by atoms with Gasteiger partial charge >= 0.3 is 0 Å². The van der Waals surface area contributed by atoms with Crippen LogP contribution in [0.4, 0.5) is 0 Å². The molecule has 7 nitrogen and oxygen atoms in total. The Morgan fingerprint density at radius 3 is 2.58 bits per heavy atom. The van der Waals surface area contributed by atoms with Crippen LogP contribution in [0.2, 0.25) is 0 Å². The molecule has 0 saturated heterocycles. The van der Waals surface area contributed by atoms with Crippen molar-refractivity contribution in [2.75, 3.05) is 6.54 Å². The Morgan fingerprint density at radius 2 is 1.96 bits per heavy atom. The van der Waals surface area contributed by atoms with Crippen molar-refractivity contribution >= 4 is 15.9 Å². The molecular formula is C18H23N3O4S. The Hall–Kier alpha value is -2.19. The fraction of sp³-hybridized carbons (Fsp3) is 0.444. The van der Waals surface area contributed by atoms with Crippen molar-refractivity contribution in [1.29, 1.82) is 0 Å². The number of aromatic nitrogens is 1. The molecule has 0 spiro atoms. The molecule has 0 radical (unpaired) electrons. The minimum Gasteiger partial charge on any atom is -0.361 e. The maximum atomic E-state index is 13.1. The molecule has 26 heavy (non-hydrogen) atoms. The number of hydrogen-bond acceptors (Lipinski definition) is 5. The van der Waals surface area contributed by atoms with Gasteiger partial charge in [-0.25, -0.2) is 13.6 Å². The summed E-state index contributed by atoms with van der Waals surface area (Å²) in [5, 5.41) is 9.30. The molecule has 8 heteroatoms. The van der Waals surface area contributed by atoms with Gasteiger partial charge in [0.25, 0.3) is 5.91 Å². The quantitative estimate of drug-likeness (QED) is 0.863. The minimum atomic E-state index is -3.78. The van der Waals surface area contributed by atoms with E-state index in [1.807, 2.05) is 20.8 Å². The first-order valence-corrected chi connectivity index (χ1v) is 9.94. The zero-order valence-corrected chi connectivity index (χ0v) is 16.2. The fourth-order valence-corrected chi connectivity index (χ4v) is 3.74. The smallest absolute Gasteiger partial charge is 0.259 e. The maximum Gasteiger partial charge on any atom is 0.259 e. The predicted molar refractivity (Wildman–Crippen MR) is 96.2 cm³/mol. The van der Waals surface area contributed by atoms with E-state index in [0.29, 0.717) is 36.5 Å². The SMILES string of the molecule is Cc1onc(C(C)(C)C)c1C(=O)N1CCc2ccc(S(N)(=O)=O)cc2C1. The molecule has 1 aliphatic rings. The van der Waals surface area contributed by atoms with Crippen molar-refractivity contribution in [2.24, 2.45) is 5.14 Å². The highest BCUT2D eigenvalue weighted by atomic mass is 32.2. The summed E-state index contributed by atoms with van der Waals surface area (Å²) in [5.74, 6) is 0.337. The van der Waals surface area contributed by atoms with Crippen LogP contribution in [0, 0.1) is 6.92 Å². The number of nitrogens with zero attached hydrogens (tertiary/aromatic N) is 2. The van der Waals surface area contributed by atoms with Gasteiger partial charge in [-0.2, -0.15) is 0 Å². The second kappa shape index (κ2) is 6.21. The maximum absolute atomic E-state index is 13.1. The number of amides is 1. The van der Waals surface area contributed by atoms with E-state index in [1.54, 1.807) is 24.0 Å². The molecule has 0 aliphatic carbocycles. The van der Waals surface area contributed by atoms with Crippen molar-refractivity contribution < 1.29 is 17.7 Å². The molecule has 3 rings (SSSR count). The van der Waals surface area contributed by atoms with Gasteiger partial charge in [-0.1, -0.05) is 32.0 Å². The average molecular weight is 377 g/mol. The second-order valence-corrected chi connectivity index (χ2v) is 9.23. The number of aryl methyl sites for hydroxylation is 1. The fourth-order valence-electron chi connectivity index (χ4n) is 3.18. The molecule has 1 amide bonds. The largest absolute Gasteiger partial charge is 0.361 e. The van der Waals surface area contributed by atoms with Crippen LogP contribution >= 0.6 is 0 Å². The molecule has 0 saturated carbocycles. The monoisotopic (exact) mass is 377 g/mol. The van der Waals surface area contributed by atoms with E-state index in [1.165, 1.54) is 6.07 Å². The topological polar surface area (TPSA) is 106 Å². The zero-order chi connectivity index (χ0) is 19.3. The van der Waals surface area contributed by atoms with Crippen molar-refractivity contribution in [1.82, 2.24) is 10.1 Å². The Balaban J connectivity index is 1.94. The first kappa shape index (κ1) is 18.6. The lowest BCUT2D eigenvalue weighted by molar-refractivity contribution is 0.0730. The van der Waals surface area contributed by atoms with Crippen LogP contribution < -0.4 is 5.14 Å². The van der Waals surface area contributed by atoms with Crippen molar-refractivity contribution in [3.63, 3.8) is 0 Å². The Morgan fingerprint density at radius 1 is 1.27 bits per heavy atom. The van der Waals surface area contributed by atoms with Crippen LogP contribution in [0.5, 0.6) is 0 Å². The standard InChI is InChI=1S/C18H23N3O4S/c1-11-15(16(20-25-11)18(2,3)4)17(22)21-8-7-12-5-6-14(26(19,23)24)9-13(12)10-21/h5-6,9H,7-8,10H2,1-4H3,(H2,19,23,24). The summed E-state index contributed by atoms with van der Waals surface area (Å²) in [7, 11) is -3.78. The lowest BCUT2D eigenvalue weighted by atomic mass is 9.88. The second-order valence-electron chi connectivity index (χ2n) is 7.66. The molecular weight excluding hydrogens is 354 g/mol. The Kier molecular flexibility index (Phi) is 4.44. The van der Waals surface area contributed by atoms with Crippen LogP contribution in [-0.2, 0) is 28.4 Å². The minimum absolute atomic E-state index is 0.0575. The number of carbonyl (C=O) groups excluding carboxylic acids is 1. The molecule has 0 bridgehead atoms. The Labute approximate surface area is 153 Å². The van der Waals surface area contributed by atoms with E-state index in [4.69, 9.17) is 9.66 Å². The number of rotatable bonds is 2. The molecule has 2 aromatic rings. The lowest BCUT2D eigenvalue weighted by Crippen LogP contribution is -2.37. The van der Waals surface area contributed by atoms with Crippen molar-refractivity contribution in [2.45, 2.75) is 51.0 Å². The van der Waals surface area contributed by atoms with Gasteiger partial charge in [0.1, 0.15) is 17.0 Å². The predicted octanol–water partition coefficient (Wildman–Crippen LogP) is 2.13. The normalized spacial score (nSPS) is 15.0. The van der Waals surface area contributed by atoms with Gasteiger partial charge in [0.2, 0.25) is 10.0 Å². The number of nitrogens with two attached hydrogens (primary N) is 1. The molecule has 2 N–H and O–H groups in total. The molecule has 140 valence electrons. The zero-order valence-electron chi connectivity index (χ0n) is 15.4. The van der Waals surface area contributed by atoms with E-state index in [0.717, 1.165) is 11.1 Å². The number of hydrogen-bond donors (Lipinski definition) is 1. The summed E-state index contributed by atoms with van der Waals surface area (Å²) in [6.07, 6.45) is 0.654. The van der Waals surface area contributed by atoms with E-state index < -0.39 is 10.0 Å². The molecule has 0 unspecified atom stereocenters. The highest BCUT2D eigenvalue weighted by Gasteiger charge is 2.32. The molecule has 0 atom stereocenters. The first-order valence-electron chi connectivity index (χ1n) is 8.39. The van der Waals surface area contributed by atoms with Gasteiger partial charge in [-0.15, -0.1) is 0 Å². The number of sulfonamides is 1. The summed E-state index contributed by atoms with van der Waals surface area (Å²) in [4.78, 5) is 14.9. The van der Waals surface area contributed by atoms with Crippen molar-refractivity contribution in [3.8, 4) is 0 Å². The van der Waals surface area contributed by atoms with E-state index >= 15 is 0 Å². The van der Waals surface area contributed by atoms with Crippen molar-refractivity contribution in [3.05, 3.63) is 46.3 Å². The van der Waals surface area contributed by atoms with Gasteiger partial charge in [-0.3, -0.25) is 4.79 Å². The van der Waals surface area contributed by atoms with Gasteiger partial charge in [0.05, 0.1) is 4.90 Å². The lowest BCUT2D eigenvalue weighted by Gasteiger charge is -2.30. The highest BCUT2D eigenvalue weighted by molar-refractivity contribution is 7.89. The van der Waals surface area contributed by atoms with Gasteiger partial charge in [-0.05, 0) is 36.6 Å². The summed E-state index contributed by atoms with van der Waals surface area (Å²) < 4.78 is 28.5. The van der Waals surface area contributed by atoms with Gasteiger partial charge in [0.15, 0.2) is 0 Å². The number of benzene rings is 1. The highest BCUT2D eigenvalue weighted by Crippen LogP contribution is 2.30. The molecule has 2 heterocycles. The van der Waals surface area contributed by atoms with E-state index in [2.05, 4.69) is 5.16 Å².